The van der Waals surface area contributed by atoms with Gasteiger partial charge < -0.3 is 10.6 Å². The van der Waals surface area contributed by atoms with Crippen LogP contribution in [0.25, 0.3) is 0 Å². The molecule has 1 fully saturated rings. The third kappa shape index (κ3) is 3.81. The summed E-state index contributed by atoms with van der Waals surface area (Å²) in [6, 6.07) is 7.17. The summed E-state index contributed by atoms with van der Waals surface area (Å²) < 4.78 is 0. The van der Waals surface area contributed by atoms with Crippen molar-refractivity contribution in [1.29, 1.82) is 0 Å². The first-order valence-corrected chi connectivity index (χ1v) is 6.83. The van der Waals surface area contributed by atoms with Crippen molar-refractivity contribution in [2.24, 2.45) is 5.73 Å². The summed E-state index contributed by atoms with van der Waals surface area (Å²) in [4.78, 5) is 25.1. The van der Waals surface area contributed by atoms with Crippen LogP contribution in [0.15, 0.2) is 24.3 Å². The van der Waals surface area contributed by atoms with Gasteiger partial charge in [-0.05, 0) is 30.5 Å². The summed E-state index contributed by atoms with van der Waals surface area (Å²) in [5.74, 6) is -0.265. The Bertz CT molecular complexity index is 446. The number of benzene rings is 1. The van der Waals surface area contributed by atoms with Crippen LogP contribution in [0.2, 0.25) is 0 Å². The van der Waals surface area contributed by atoms with E-state index in [1.54, 1.807) is 24.3 Å². The van der Waals surface area contributed by atoms with Crippen molar-refractivity contribution in [1.82, 2.24) is 4.90 Å². The van der Waals surface area contributed by atoms with Gasteiger partial charge in [-0.25, -0.2) is 0 Å². The first kappa shape index (κ1) is 13.6. The number of carbonyl (C=O) groups excluding carboxylic acids is 2. The SMILES string of the molecule is NC(=O)Cc1ccc(C(=O)N2CCCCCC2)cc1. The highest BCUT2D eigenvalue weighted by Gasteiger charge is 2.16. The van der Waals surface area contributed by atoms with Gasteiger partial charge in [0, 0.05) is 18.7 Å². The largest absolute Gasteiger partial charge is 0.369 e. The highest BCUT2D eigenvalue weighted by molar-refractivity contribution is 5.94. The molecule has 1 aliphatic rings. The molecule has 0 bridgehead atoms. The predicted octanol–water partition coefficient (Wildman–Crippen LogP) is 1.73. The summed E-state index contributed by atoms with van der Waals surface area (Å²) in [5.41, 5.74) is 6.68. The van der Waals surface area contributed by atoms with Gasteiger partial charge in [0.15, 0.2) is 0 Å². The summed E-state index contributed by atoms with van der Waals surface area (Å²) in [7, 11) is 0. The monoisotopic (exact) mass is 260 g/mol. The van der Waals surface area contributed by atoms with Crippen LogP contribution in [0.4, 0.5) is 0 Å². The number of nitrogens with zero attached hydrogens (tertiary/aromatic N) is 1. The Hall–Kier alpha value is -1.84. The zero-order valence-electron chi connectivity index (χ0n) is 11.1. The zero-order valence-corrected chi connectivity index (χ0v) is 11.1. The maximum Gasteiger partial charge on any atom is 0.253 e. The Kier molecular flexibility index (Phi) is 4.55. The minimum atomic E-state index is -0.355. The van der Waals surface area contributed by atoms with E-state index in [-0.39, 0.29) is 18.2 Å². The van der Waals surface area contributed by atoms with Crippen molar-refractivity contribution in [3.8, 4) is 0 Å². The normalized spacial score (nSPS) is 15.9. The fourth-order valence-corrected chi connectivity index (χ4v) is 2.42. The zero-order chi connectivity index (χ0) is 13.7. The summed E-state index contributed by atoms with van der Waals surface area (Å²) >= 11 is 0. The summed E-state index contributed by atoms with van der Waals surface area (Å²) in [6.45, 7) is 1.70. The van der Waals surface area contributed by atoms with Gasteiger partial charge in [0.1, 0.15) is 0 Å². The van der Waals surface area contributed by atoms with E-state index in [1.807, 2.05) is 4.90 Å². The second-order valence-electron chi connectivity index (χ2n) is 5.05. The molecule has 0 spiro atoms. The number of amides is 2. The molecule has 0 radical (unpaired) electrons. The molecule has 1 aromatic rings. The average Bonchev–Trinajstić information content (AvgIpc) is 2.67. The molecule has 1 aliphatic heterocycles. The van der Waals surface area contributed by atoms with E-state index in [0.29, 0.717) is 5.56 Å². The summed E-state index contributed by atoms with van der Waals surface area (Å²) in [5, 5.41) is 0. The molecule has 2 N–H and O–H groups in total. The Morgan fingerprint density at radius 1 is 1.00 bits per heavy atom. The smallest absolute Gasteiger partial charge is 0.253 e. The van der Waals surface area contributed by atoms with E-state index in [0.717, 1.165) is 31.5 Å². The van der Waals surface area contributed by atoms with Crippen molar-refractivity contribution < 1.29 is 9.59 Å². The van der Waals surface area contributed by atoms with Gasteiger partial charge >= 0.3 is 0 Å². The van der Waals surface area contributed by atoms with Gasteiger partial charge in [-0.2, -0.15) is 0 Å². The first-order valence-electron chi connectivity index (χ1n) is 6.83. The number of likely N-dealkylation sites (tertiary alicyclic amines) is 1. The molecule has 1 aromatic carbocycles. The predicted molar refractivity (Wildman–Crippen MR) is 73.7 cm³/mol. The number of nitrogens with two attached hydrogens (primary N) is 1. The molecule has 0 aliphatic carbocycles. The van der Waals surface area contributed by atoms with Gasteiger partial charge in [-0.3, -0.25) is 9.59 Å². The topological polar surface area (TPSA) is 63.4 Å². The first-order chi connectivity index (χ1) is 9.16. The molecule has 102 valence electrons. The van der Waals surface area contributed by atoms with Crippen molar-refractivity contribution in [3.05, 3.63) is 35.4 Å². The van der Waals surface area contributed by atoms with Crippen molar-refractivity contribution >= 4 is 11.8 Å². The third-order valence-corrected chi connectivity index (χ3v) is 3.47. The van der Waals surface area contributed by atoms with Gasteiger partial charge in [-0.15, -0.1) is 0 Å². The van der Waals surface area contributed by atoms with Crippen molar-refractivity contribution in [3.63, 3.8) is 0 Å². The lowest BCUT2D eigenvalue weighted by molar-refractivity contribution is -0.117. The Morgan fingerprint density at radius 2 is 1.58 bits per heavy atom. The summed E-state index contributed by atoms with van der Waals surface area (Å²) in [6.07, 6.45) is 4.82. The van der Waals surface area contributed by atoms with Crippen molar-refractivity contribution in [2.45, 2.75) is 32.1 Å². The molecule has 0 saturated carbocycles. The lowest BCUT2D eigenvalue weighted by Gasteiger charge is -2.20. The fraction of sp³-hybridized carbons (Fsp3) is 0.467. The lowest BCUT2D eigenvalue weighted by atomic mass is 10.1. The molecule has 4 heteroatoms. The standard InChI is InChI=1S/C15H20N2O2/c16-14(18)11-12-5-7-13(8-6-12)15(19)17-9-3-1-2-4-10-17/h5-8H,1-4,9-11H2,(H2,16,18). The maximum absolute atomic E-state index is 12.3. The van der Waals surface area contributed by atoms with Crippen LogP contribution in [-0.2, 0) is 11.2 Å². The molecule has 1 saturated heterocycles. The van der Waals surface area contributed by atoms with Crippen LogP contribution in [0, 0.1) is 0 Å². The minimum absolute atomic E-state index is 0.0903. The van der Waals surface area contributed by atoms with Crippen LogP contribution in [0.1, 0.15) is 41.6 Å². The van der Waals surface area contributed by atoms with Crippen LogP contribution in [0.3, 0.4) is 0 Å². The average molecular weight is 260 g/mol. The number of primary amides is 1. The minimum Gasteiger partial charge on any atom is -0.369 e. The van der Waals surface area contributed by atoms with Gasteiger partial charge in [0.2, 0.25) is 5.91 Å². The van der Waals surface area contributed by atoms with Gasteiger partial charge in [0.05, 0.1) is 6.42 Å². The maximum atomic E-state index is 12.3. The van der Waals surface area contributed by atoms with Crippen LogP contribution >= 0.6 is 0 Å². The van der Waals surface area contributed by atoms with Gasteiger partial charge in [0.25, 0.3) is 5.91 Å². The number of carbonyl (C=O) groups is 2. The molecule has 2 rings (SSSR count). The van der Waals surface area contributed by atoms with Crippen LogP contribution < -0.4 is 5.73 Å². The highest BCUT2D eigenvalue weighted by atomic mass is 16.2. The third-order valence-electron chi connectivity index (χ3n) is 3.47. The second-order valence-corrected chi connectivity index (χ2v) is 5.05. The van der Waals surface area contributed by atoms with Crippen LogP contribution in [-0.4, -0.2) is 29.8 Å². The molecule has 0 unspecified atom stereocenters. The Balaban J connectivity index is 2.04. The highest BCUT2D eigenvalue weighted by Crippen LogP contribution is 2.14. The van der Waals surface area contributed by atoms with E-state index >= 15 is 0 Å². The Morgan fingerprint density at radius 3 is 2.11 bits per heavy atom. The fourth-order valence-electron chi connectivity index (χ4n) is 2.42. The van der Waals surface area contributed by atoms with Crippen LogP contribution in [0.5, 0.6) is 0 Å². The van der Waals surface area contributed by atoms with E-state index < -0.39 is 0 Å². The molecule has 1 heterocycles. The van der Waals surface area contributed by atoms with Gasteiger partial charge in [-0.1, -0.05) is 25.0 Å². The molecular weight excluding hydrogens is 240 g/mol. The number of hydrogen-bond donors (Lipinski definition) is 1. The second kappa shape index (κ2) is 6.36. The van der Waals surface area contributed by atoms with E-state index in [9.17, 15) is 9.59 Å². The number of rotatable bonds is 3. The Labute approximate surface area is 113 Å². The lowest BCUT2D eigenvalue weighted by Crippen LogP contribution is -2.31. The molecular formula is C15H20N2O2. The molecule has 0 aromatic heterocycles. The van der Waals surface area contributed by atoms with Crippen molar-refractivity contribution in [2.75, 3.05) is 13.1 Å². The van der Waals surface area contributed by atoms with E-state index in [1.165, 1.54) is 12.8 Å². The quantitative estimate of drug-likeness (QED) is 0.899. The molecule has 19 heavy (non-hydrogen) atoms. The molecule has 2 amide bonds. The number of hydrogen-bond acceptors (Lipinski definition) is 2. The molecule has 0 atom stereocenters. The van der Waals surface area contributed by atoms with E-state index in [4.69, 9.17) is 5.73 Å². The van der Waals surface area contributed by atoms with E-state index in [2.05, 4.69) is 0 Å². The molecule has 4 nitrogen and oxygen atoms in total.